The molecule has 39 heavy (non-hydrogen) atoms. The van der Waals surface area contributed by atoms with Crippen molar-refractivity contribution < 1.29 is 19.1 Å². The summed E-state index contributed by atoms with van der Waals surface area (Å²) in [6, 6.07) is 12.1. The molecule has 0 aliphatic carbocycles. The van der Waals surface area contributed by atoms with Crippen LogP contribution in [-0.2, 0) is 19.0 Å². The Morgan fingerprint density at radius 1 is 1.23 bits per heavy atom. The lowest BCUT2D eigenvalue weighted by Crippen LogP contribution is -2.44. The topological polar surface area (TPSA) is 143 Å². The second-order valence-electron chi connectivity index (χ2n) is 9.85. The molecule has 3 aromatic heterocycles. The molecular formula is C27H28N6O5S. The van der Waals surface area contributed by atoms with E-state index in [4.69, 9.17) is 4.42 Å². The van der Waals surface area contributed by atoms with E-state index in [0.717, 1.165) is 29.1 Å². The average Bonchev–Trinajstić information content (AvgIpc) is 3.66. The summed E-state index contributed by atoms with van der Waals surface area (Å²) in [5, 5.41) is 23.0. The van der Waals surface area contributed by atoms with Crippen molar-refractivity contribution >= 4 is 23.3 Å². The van der Waals surface area contributed by atoms with Crippen LogP contribution in [-0.4, -0.2) is 48.3 Å². The van der Waals surface area contributed by atoms with Crippen molar-refractivity contribution in [1.82, 2.24) is 30.0 Å². The number of thiazole rings is 1. The SMILES string of the molecule is Cc1csc([C@H]2CCCN2C(=O)c2cc(-c3nnc([C@@](C)(Cc4ccccc4)NC(=O)O)o3)cc(=O)n2C)n1. The summed E-state index contributed by atoms with van der Waals surface area (Å²) in [6.07, 6.45) is 0.654. The van der Waals surface area contributed by atoms with Gasteiger partial charge in [-0.3, -0.25) is 9.59 Å². The molecule has 0 saturated carbocycles. The number of nitrogens with one attached hydrogen (secondary N) is 1. The van der Waals surface area contributed by atoms with E-state index in [1.807, 2.05) is 42.6 Å². The number of aromatic nitrogens is 4. The van der Waals surface area contributed by atoms with Gasteiger partial charge >= 0.3 is 6.09 Å². The summed E-state index contributed by atoms with van der Waals surface area (Å²) in [5.41, 5.74) is 0.600. The highest BCUT2D eigenvalue weighted by atomic mass is 32.1. The normalized spacial score (nSPS) is 16.7. The number of amides is 2. The van der Waals surface area contributed by atoms with Gasteiger partial charge < -0.3 is 24.3 Å². The van der Waals surface area contributed by atoms with Crippen LogP contribution < -0.4 is 10.9 Å². The van der Waals surface area contributed by atoms with E-state index in [1.165, 1.54) is 22.0 Å². The molecule has 1 aliphatic rings. The molecule has 0 radical (unpaired) electrons. The van der Waals surface area contributed by atoms with Gasteiger partial charge in [0.15, 0.2) is 0 Å². The third kappa shape index (κ3) is 5.32. The molecular weight excluding hydrogens is 520 g/mol. The van der Waals surface area contributed by atoms with Crippen molar-refractivity contribution in [3.63, 3.8) is 0 Å². The van der Waals surface area contributed by atoms with Crippen LogP contribution in [0.2, 0.25) is 0 Å². The molecule has 0 unspecified atom stereocenters. The molecule has 12 heteroatoms. The fraction of sp³-hybridized carbons (Fsp3) is 0.333. The molecule has 4 aromatic rings. The molecule has 0 bridgehead atoms. The standard InChI is InChI=1S/C27H28N6O5S/c1-16-15-39-23(28-16)19-10-7-11-33(19)24(35)20-12-18(13-21(34)32(20)3)22-30-31-25(38-22)27(2,29-26(36)37)14-17-8-5-4-6-9-17/h4-6,8-9,12-13,15,19,29H,7,10-11,14H2,1-3H3,(H,36,37)/t19-,27-/m1/s1. The van der Waals surface area contributed by atoms with Crippen LogP contribution >= 0.6 is 11.3 Å². The number of hydrogen-bond acceptors (Lipinski definition) is 8. The van der Waals surface area contributed by atoms with E-state index < -0.39 is 17.2 Å². The Hall–Kier alpha value is -4.32. The first kappa shape index (κ1) is 26.3. The monoisotopic (exact) mass is 548 g/mol. The van der Waals surface area contributed by atoms with Crippen molar-refractivity contribution in [3.8, 4) is 11.5 Å². The summed E-state index contributed by atoms with van der Waals surface area (Å²) in [7, 11) is 1.55. The van der Waals surface area contributed by atoms with Crippen LogP contribution in [0.5, 0.6) is 0 Å². The maximum atomic E-state index is 13.7. The lowest BCUT2D eigenvalue weighted by atomic mass is 9.93. The first-order valence-corrected chi connectivity index (χ1v) is 13.4. The van der Waals surface area contributed by atoms with Crippen molar-refractivity contribution in [3.05, 3.63) is 86.0 Å². The van der Waals surface area contributed by atoms with E-state index in [9.17, 15) is 19.5 Å². The minimum Gasteiger partial charge on any atom is -0.465 e. The van der Waals surface area contributed by atoms with Crippen LogP contribution in [0.4, 0.5) is 4.79 Å². The molecule has 1 aromatic carbocycles. The third-order valence-corrected chi connectivity index (χ3v) is 7.91. The molecule has 0 spiro atoms. The van der Waals surface area contributed by atoms with Crippen molar-refractivity contribution in [1.29, 1.82) is 0 Å². The van der Waals surface area contributed by atoms with Gasteiger partial charge in [0.1, 0.15) is 16.2 Å². The Bertz CT molecular complexity index is 1580. The second-order valence-corrected chi connectivity index (χ2v) is 10.7. The first-order chi connectivity index (χ1) is 18.6. The van der Waals surface area contributed by atoms with Gasteiger partial charge in [0, 0.05) is 42.7 Å². The summed E-state index contributed by atoms with van der Waals surface area (Å²) in [5.74, 6) is -0.235. The minimum absolute atomic E-state index is 0.0109. The number of pyridine rings is 1. The maximum Gasteiger partial charge on any atom is 0.405 e. The zero-order chi connectivity index (χ0) is 27.7. The molecule has 1 aliphatic heterocycles. The van der Waals surface area contributed by atoms with E-state index in [2.05, 4.69) is 20.5 Å². The Balaban J connectivity index is 1.48. The Morgan fingerprint density at radius 3 is 2.69 bits per heavy atom. The fourth-order valence-corrected chi connectivity index (χ4v) is 5.82. The van der Waals surface area contributed by atoms with Gasteiger partial charge in [-0.1, -0.05) is 30.3 Å². The molecule has 1 saturated heterocycles. The second kappa shape index (κ2) is 10.4. The van der Waals surface area contributed by atoms with E-state index in [0.29, 0.717) is 6.54 Å². The Labute approximate surface area is 228 Å². The first-order valence-electron chi connectivity index (χ1n) is 12.5. The average molecular weight is 549 g/mol. The fourth-order valence-electron chi connectivity index (χ4n) is 4.88. The maximum absolute atomic E-state index is 13.7. The van der Waals surface area contributed by atoms with Crippen LogP contribution in [0.3, 0.4) is 0 Å². The van der Waals surface area contributed by atoms with Crippen molar-refractivity contribution in [2.45, 2.75) is 44.7 Å². The largest absolute Gasteiger partial charge is 0.465 e. The lowest BCUT2D eigenvalue weighted by molar-refractivity contribution is 0.0724. The highest BCUT2D eigenvalue weighted by Crippen LogP contribution is 2.35. The summed E-state index contributed by atoms with van der Waals surface area (Å²) < 4.78 is 7.23. The van der Waals surface area contributed by atoms with Gasteiger partial charge in [-0.05, 0) is 38.3 Å². The van der Waals surface area contributed by atoms with Crippen molar-refractivity contribution in [2.75, 3.05) is 6.54 Å². The lowest BCUT2D eigenvalue weighted by Gasteiger charge is -2.25. The zero-order valence-corrected chi connectivity index (χ0v) is 22.6. The molecule has 4 heterocycles. The predicted molar refractivity (Wildman–Crippen MR) is 143 cm³/mol. The number of likely N-dealkylation sites (tertiary alicyclic amines) is 1. The number of rotatable bonds is 7. The summed E-state index contributed by atoms with van der Waals surface area (Å²) in [6.45, 7) is 4.13. The Kier molecular flexibility index (Phi) is 7.04. The van der Waals surface area contributed by atoms with Crippen molar-refractivity contribution in [2.24, 2.45) is 7.05 Å². The summed E-state index contributed by atoms with van der Waals surface area (Å²) >= 11 is 1.53. The predicted octanol–water partition coefficient (Wildman–Crippen LogP) is 3.90. The van der Waals surface area contributed by atoms with Crippen LogP contribution in [0.25, 0.3) is 11.5 Å². The molecule has 5 rings (SSSR count). The number of hydrogen-bond donors (Lipinski definition) is 2. The number of aryl methyl sites for hydroxylation is 1. The van der Waals surface area contributed by atoms with Gasteiger partial charge in [-0.25, -0.2) is 9.78 Å². The molecule has 202 valence electrons. The smallest absolute Gasteiger partial charge is 0.405 e. The number of carboxylic acid groups (broad SMARTS) is 1. The van der Waals surface area contributed by atoms with Gasteiger partial charge in [0.25, 0.3) is 11.5 Å². The number of carbonyl (C=O) groups excluding carboxylic acids is 1. The molecule has 1 fully saturated rings. The number of benzene rings is 1. The molecule has 11 nitrogen and oxygen atoms in total. The summed E-state index contributed by atoms with van der Waals surface area (Å²) in [4.78, 5) is 44.5. The van der Waals surface area contributed by atoms with E-state index in [1.54, 1.807) is 24.9 Å². The molecule has 2 N–H and O–H groups in total. The van der Waals surface area contributed by atoms with Crippen LogP contribution in [0.15, 0.2) is 57.1 Å². The van der Waals surface area contributed by atoms with Gasteiger partial charge in [0.05, 0.1) is 6.04 Å². The van der Waals surface area contributed by atoms with E-state index in [-0.39, 0.29) is 41.4 Å². The highest BCUT2D eigenvalue weighted by molar-refractivity contribution is 7.09. The number of carbonyl (C=O) groups is 2. The van der Waals surface area contributed by atoms with Crippen LogP contribution in [0, 0.1) is 6.92 Å². The van der Waals surface area contributed by atoms with E-state index >= 15 is 0 Å². The molecule has 2 amide bonds. The minimum atomic E-state index is -1.25. The third-order valence-electron chi connectivity index (χ3n) is 6.85. The van der Waals surface area contributed by atoms with Gasteiger partial charge in [-0.2, -0.15) is 0 Å². The quantitative estimate of drug-likeness (QED) is 0.354. The molecule has 2 atom stereocenters. The zero-order valence-electron chi connectivity index (χ0n) is 21.7. The highest BCUT2D eigenvalue weighted by Gasteiger charge is 2.36. The van der Waals surface area contributed by atoms with Crippen LogP contribution in [0.1, 0.15) is 58.5 Å². The Morgan fingerprint density at radius 2 is 2.00 bits per heavy atom. The number of nitrogens with zero attached hydrogens (tertiary/aromatic N) is 5. The van der Waals surface area contributed by atoms with Gasteiger partial charge in [0.2, 0.25) is 11.8 Å². The van der Waals surface area contributed by atoms with Gasteiger partial charge in [-0.15, -0.1) is 21.5 Å².